The molecule has 30 heavy (non-hydrogen) atoms. The lowest BCUT2D eigenvalue weighted by Crippen LogP contribution is -2.33. The van der Waals surface area contributed by atoms with Crippen LogP contribution in [0.5, 0.6) is 0 Å². The van der Waals surface area contributed by atoms with Crippen molar-refractivity contribution in [3.8, 4) is 0 Å². The van der Waals surface area contributed by atoms with E-state index in [9.17, 15) is 19.0 Å². The molecule has 3 rings (SSSR count). The van der Waals surface area contributed by atoms with Gasteiger partial charge < -0.3 is 14.7 Å². The molecule has 2 heterocycles. The fourth-order valence-electron chi connectivity index (χ4n) is 3.32. The van der Waals surface area contributed by atoms with E-state index in [0.29, 0.717) is 11.3 Å². The zero-order valence-electron chi connectivity index (χ0n) is 16.6. The van der Waals surface area contributed by atoms with Gasteiger partial charge in [0.1, 0.15) is 6.23 Å². The van der Waals surface area contributed by atoms with E-state index in [1.807, 2.05) is 19.1 Å². The highest BCUT2D eigenvalue weighted by Gasteiger charge is 2.37. The van der Waals surface area contributed by atoms with E-state index >= 15 is 0 Å². The highest BCUT2D eigenvalue weighted by molar-refractivity contribution is 7.59. The summed E-state index contributed by atoms with van der Waals surface area (Å²) in [5, 5.41) is 6.36. The summed E-state index contributed by atoms with van der Waals surface area (Å²) in [5.41, 5.74) is 9.63. The SMILES string of the molecule is Cc1ccc(NP(=O)(O)CC[C@H]2O[C@@H](n3cc(C)c(=O)[nH]c3=O)C[C@@H]2N=[N+]=[N-])cc1. The average Bonchev–Trinajstić information content (AvgIpc) is 3.08. The molecule has 0 amide bonds. The van der Waals surface area contributed by atoms with Gasteiger partial charge in [0.25, 0.3) is 13.1 Å². The predicted molar refractivity (Wildman–Crippen MR) is 112 cm³/mol. The molecule has 2 aromatic rings. The minimum atomic E-state index is -3.72. The van der Waals surface area contributed by atoms with Crippen LogP contribution in [-0.2, 0) is 9.30 Å². The van der Waals surface area contributed by atoms with Crippen molar-refractivity contribution < 1.29 is 14.2 Å². The molecule has 1 aliphatic heterocycles. The Balaban J connectivity index is 1.71. The minimum absolute atomic E-state index is 0.116. The van der Waals surface area contributed by atoms with E-state index in [2.05, 4.69) is 20.1 Å². The predicted octanol–water partition coefficient (Wildman–Crippen LogP) is 2.81. The molecule has 11 nitrogen and oxygen atoms in total. The van der Waals surface area contributed by atoms with Crippen LogP contribution in [0.3, 0.4) is 0 Å². The third-order valence-corrected chi connectivity index (χ3v) is 6.40. The second kappa shape index (κ2) is 8.89. The van der Waals surface area contributed by atoms with Gasteiger partial charge in [-0.15, -0.1) is 0 Å². The molecule has 0 spiro atoms. The molecule has 1 fully saturated rings. The van der Waals surface area contributed by atoms with Crippen LogP contribution >= 0.6 is 7.52 Å². The number of aromatic amines is 1. The number of hydrogen-bond donors (Lipinski definition) is 3. The molecule has 160 valence electrons. The number of aryl methyl sites for hydroxylation is 2. The first kappa shape index (κ1) is 21.9. The first-order chi connectivity index (χ1) is 14.2. The Morgan fingerprint density at radius 3 is 2.73 bits per heavy atom. The van der Waals surface area contributed by atoms with E-state index in [4.69, 9.17) is 10.3 Å². The fraction of sp³-hybridized carbons (Fsp3) is 0.444. The van der Waals surface area contributed by atoms with E-state index in [1.165, 1.54) is 10.8 Å². The molecule has 1 saturated heterocycles. The minimum Gasteiger partial charge on any atom is -0.354 e. The average molecular weight is 434 g/mol. The van der Waals surface area contributed by atoms with Gasteiger partial charge in [-0.25, -0.2) is 4.79 Å². The van der Waals surface area contributed by atoms with E-state index in [1.54, 1.807) is 19.1 Å². The number of anilines is 1. The number of aromatic nitrogens is 2. The molecule has 0 radical (unpaired) electrons. The Bertz CT molecular complexity index is 1120. The van der Waals surface area contributed by atoms with Gasteiger partial charge in [-0.05, 0) is 37.9 Å². The summed E-state index contributed by atoms with van der Waals surface area (Å²) in [5.74, 6) is 0. The van der Waals surface area contributed by atoms with Gasteiger partial charge in [0.15, 0.2) is 0 Å². The zero-order chi connectivity index (χ0) is 21.9. The van der Waals surface area contributed by atoms with E-state index in [0.717, 1.165) is 5.56 Å². The molecule has 0 saturated carbocycles. The lowest BCUT2D eigenvalue weighted by Gasteiger charge is -2.19. The summed E-state index contributed by atoms with van der Waals surface area (Å²) in [7, 11) is -3.72. The molecule has 1 aromatic carbocycles. The summed E-state index contributed by atoms with van der Waals surface area (Å²) < 4.78 is 19.7. The van der Waals surface area contributed by atoms with Gasteiger partial charge in [0, 0.05) is 34.9 Å². The summed E-state index contributed by atoms with van der Waals surface area (Å²) >= 11 is 0. The molecule has 12 heteroatoms. The van der Waals surface area contributed by atoms with Crippen LogP contribution in [0.1, 0.15) is 30.2 Å². The van der Waals surface area contributed by atoms with E-state index in [-0.39, 0.29) is 19.0 Å². The summed E-state index contributed by atoms with van der Waals surface area (Å²) in [6.45, 7) is 3.48. The number of rotatable bonds is 7. The van der Waals surface area contributed by atoms with Crippen molar-refractivity contribution in [1.29, 1.82) is 0 Å². The molecule has 0 aliphatic carbocycles. The number of hydrogen-bond acceptors (Lipinski definition) is 5. The Kier molecular flexibility index (Phi) is 6.48. The lowest BCUT2D eigenvalue weighted by molar-refractivity contribution is -0.00402. The maximum atomic E-state index is 12.6. The smallest absolute Gasteiger partial charge is 0.330 e. The normalized spacial score (nSPS) is 22.8. The quantitative estimate of drug-likeness (QED) is 0.263. The molecule has 4 atom stereocenters. The van der Waals surface area contributed by atoms with Crippen LogP contribution in [-0.4, -0.2) is 32.8 Å². The van der Waals surface area contributed by atoms with Crippen LogP contribution in [0.15, 0.2) is 45.2 Å². The standard InChI is InChI=1S/C18H23N6O5P/c1-11-3-5-13(6-4-11)22-30(27,28)8-7-15-14(21-23-19)9-16(29-15)24-10-12(2)17(25)20-18(24)26/h3-6,10,14-16H,7-9H2,1-2H3,(H,20,25,26)(H2,22,27,28)/t14-,15+,16+/m0/s1. The van der Waals surface area contributed by atoms with Gasteiger partial charge in [-0.1, -0.05) is 22.8 Å². The number of azide groups is 1. The van der Waals surface area contributed by atoms with Crippen molar-refractivity contribution in [3.05, 3.63) is 72.9 Å². The second-order valence-electron chi connectivity index (χ2n) is 7.31. The molecule has 0 bridgehead atoms. The largest absolute Gasteiger partial charge is 0.354 e. The van der Waals surface area contributed by atoms with Crippen molar-refractivity contribution in [2.75, 3.05) is 11.2 Å². The maximum Gasteiger partial charge on any atom is 0.330 e. The van der Waals surface area contributed by atoms with Gasteiger partial charge >= 0.3 is 5.69 Å². The molecule has 3 N–H and O–H groups in total. The first-order valence-electron chi connectivity index (χ1n) is 9.37. The van der Waals surface area contributed by atoms with Crippen LogP contribution < -0.4 is 16.3 Å². The highest BCUT2D eigenvalue weighted by atomic mass is 31.2. The molecule has 1 unspecified atom stereocenters. The molecule has 1 aromatic heterocycles. The van der Waals surface area contributed by atoms with Crippen LogP contribution in [0.2, 0.25) is 0 Å². The van der Waals surface area contributed by atoms with E-state index < -0.39 is 37.1 Å². The van der Waals surface area contributed by atoms with Gasteiger partial charge in [-0.2, -0.15) is 0 Å². The monoisotopic (exact) mass is 434 g/mol. The summed E-state index contributed by atoms with van der Waals surface area (Å²) in [4.78, 5) is 39.0. The Morgan fingerprint density at radius 2 is 2.07 bits per heavy atom. The molecular formula is C18H23N6O5P. The van der Waals surface area contributed by atoms with Crippen molar-refractivity contribution in [2.24, 2.45) is 5.11 Å². The van der Waals surface area contributed by atoms with Crippen LogP contribution in [0, 0.1) is 13.8 Å². The van der Waals surface area contributed by atoms with Crippen molar-refractivity contribution in [2.45, 2.75) is 45.1 Å². The van der Waals surface area contributed by atoms with Crippen LogP contribution in [0.4, 0.5) is 5.69 Å². The summed E-state index contributed by atoms with van der Waals surface area (Å²) in [6, 6.07) is 6.48. The number of nitrogens with zero attached hydrogens (tertiary/aromatic N) is 4. The molecule has 1 aliphatic rings. The number of ether oxygens (including phenoxy) is 1. The zero-order valence-corrected chi connectivity index (χ0v) is 17.5. The number of H-pyrrole nitrogens is 1. The second-order valence-corrected chi connectivity index (χ2v) is 9.38. The van der Waals surface area contributed by atoms with Crippen molar-refractivity contribution in [1.82, 2.24) is 9.55 Å². The lowest BCUT2D eigenvalue weighted by atomic mass is 10.1. The Hall–Kier alpha value is -2.84. The maximum absolute atomic E-state index is 12.6. The van der Waals surface area contributed by atoms with Gasteiger partial charge in [0.05, 0.1) is 12.1 Å². The Labute approximate surface area is 171 Å². The third kappa shape index (κ3) is 5.20. The number of benzene rings is 1. The van der Waals surface area contributed by atoms with Gasteiger partial charge in [0.2, 0.25) is 0 Å². The first-order valence-corrected chi connectivity index (χ1v) is 11.2. The third-order valence-electron chi connectivity index (χ3n) is 4.93. The Morgan fingerprint density at radius 1 is 1.37 bits per heavy atom. The van der Waals surface area contributed by atoms with Crippen LogP contribution in [0.25, 0.3) is 10.4 Å². The fourth-order valence-corrected chi connectivity index (χ4v) is 4.59. The topological polar surface area (TPSA) is 162 Å². The highest BCUT2D eigenvalue weighted by Crippen LogP contribution is 2.43. The van der Waals surface area contributed by atoms with Crippen molar-refractivity contribution >= 4 is 13.2 Å². The van der Waals surface area contributed by atoms with Crippen molar-refractivity contribution in [3.63, 3.8) is 0 Å². The number of nitrogens with one attached hydrogen (secondary N) is 2. The summed E-state index contributed by atoms with van der Waals surface area (Å²) in [6.07, 6.45) is 0.222. The van der Waals surface area contributed by atoms with Gasteiger partial charge in [-0.3, -0.25) is 18.9 Å². The molecular weight excluding hydrogens is 411 g/mol.